The largest absolute Gasteiger partial charge is 0.484 e. The Kier molecular flexibility index (Phi) is 8.11. The highest BCUT2D eigenvalue weighted by atomic mass is 32.1. The van der Waals surface area contributed by atoms with E-state index in [0.29, 0.717) is 23.3 Å². The minimum absolute atomic E-state index is 0.0141. The summed E-state index contributed by atoms with van der Waals surface area (Å²) in [5, 5.41) is 2.78. The number of ether oxygens (including phenoxy) is 3. The second-order valence-electron chi connectivity index (χ2n) is 6.11. The number of amides is 1. The van der Waals surface area contributed by atoms with Gasteiger partial charge in [-0.25, -0.2) is 9.59 Å². The van der Waals surface area contributed by atoms with Crippen molar-refractivity contribution in [2.45, 2.75) is 27.2 Å². The van der Waals surface area contributed by atoms with Gasteiger partial charge in [0, 0.05) is 12.0 Å². The van der Waals surface area contributed by atoms with Crippen LogP contribution >= 0.6 is 11.3 Å². The van der Waals surface area contributed by atoms with Gasteiger partial charge in [0.2, 0.25) is 0 Å². The molecule has 0 atom stereocenters. The van der Waals surface area contributed by atoms with E-state index in [4.69, 9.17) is 14.2 Å². The molecule has 0 spiro atoms. The topological polar surface area (TPSA) is 108 Å². The Morgan fingerprint density at radius 3 is 2.27 bits per heavy atom. The van der Waals surface area contributed by atoms with Gasteiger partial charge in [0.15, 0.2) is 12.4 Å². The maximum absolute atomic E-state index is 12.3. The van der Waals surface area contributed by atoms with E-state index in [0.717, 1.165) is 11.3 Å². The molecule has 0 aliphatic rings. The van der Waals surface area contributed by atoms with Gasteiger partial charge in [-0.2, -0.15) is 0 Å². The SMILES string of the molecule is CCOC(=O)c1c(NC(=O)COc2ccc(C(=O)CC)cc2)sc(C(=O)OC)c1C. The Balaban J connectivity index is 2.12. The Hall–Kier alpha value is -3.20. The number of ketones is 1. The lowest BCUT2D eigenvalue weighted by Gasteiger charge is -2.09. The second kappa shape index (κ2) is 10.5. The van der Waals surface area contributed by atoms with E-state index in [-0.39, 0.29) is 34.4 Å². The zero-order valence-corrected chi connectivity index (χ0v) is 18.0. The molecule has 1 amide bonds. The number of benzene rings is 1. The number of carbonyl (C=O) groups excluding carboxylic acids is 4. The molecule has 2 aromatic rings. The van der Waals surface area contributed by atoms with Gasteiger partial charge in [0.25, 0.3) is 5.91 Å². The summed E-state index contributed by atoms with van der Waals surface area (Å²) in [6.45, 7) is 4.84. The Bertz CT molecular complexity index is 947. The Morgan fingerprint density at radius 1 is 1.03 bits per heavy atom. The minimum Gasteiger partial charge on any atom is -0.484 e. The summed E-state index contributed by atoms with van der Waals surface area (Å²) in [5.74, 6) is -1.34. The smallest absolute Gasteiger partial charge is 0.348 e. The lowest BCUT2D eigenvalue weighted by Crippen LogP contribution is -2.21. The zero-order valence-electron chi connectivity index (χ0n) is 17.2. The summed E-state index contributed by atoms with van der Waals surface area (Å²) in [5.41, 5.74) is 1.05. The van der Waals surface area contributed by atoms with Gasteiger partial charge >= 0.3 is 11.9 Å². The number of anilines is 1. The van der Waals surface area contributed by atoms with Crippen molar-refractivity contribution in [3.63, 3.8) is 0 Å². The molecule has 1 aromatic heterocycles. The van der Waals surface area contributed by atoms with Crippen LogP contribution in [0.15, 0.2) is 24.3 Å². The third-order valence-corrected chi connectivity index (χ3v) is 5.30. The normalized spacial score (nSPS) is 10.3. The number of rotatable bonds is 9. The van der Waals surface area contributed by atoms with Crippen LogP contribution in [0.5, 0.6) is 5.75 Å². The molecule has 0 fully saturated rings. The maximum atomic E-state index is 12.3. The monoisotopic (exact) mass is 433 g/mol. The van der Waals surface area contributed by atoms with Crippen molar-refractivity contribution in [3.05, 3.63) is 45.8 Å². The van der Waals surface area contributed by atoms with Crippen LogP contribution in [0.2, 0.25) is 0 Å². The number of hydrogen-bond donors (Lipinski definition) is 1. The molecule has 0 bridgehead atoms. The van der Waals surface area contributed by atoms with E-state index in [1.165, 1.54) is 7.11 Å². The van der Waals surface area contributed by atoms with E-state index < -0.39 is 17.8 Å². The first-order valence-corrected chi connectivity index (χ1v) is 10.1. The summed E-state index contributed by atoms with van der Waals surface area (Å²) in [6, 6.07) is 6.46. The molecule has 30 heavy (non-hydrogen) atoms. The second-order valence-corrected chi connectivity index (χ2v) is 7.13. The summed E-state index contributed by atoms with van der Waals surface area (Å²) in [7, 11) is 1.23. The molecule has 8 nitrogen and oxygen atoms in total. The number of nitrogens with one attached hydrogen (secondary N) is 1. The molecule has 0 saturated carbocycles. The third kappa shape index (κ3) is 5.44. The summed E-state index contributed by atoms with van der Waals surface area (Å²) in [6.07, 6.45) is 0.402. The van der Waals surface area contributed by atoms with Crippen molar-refractivity contribution in [3.8, 4) is 5.75 Å². The van der Waals surface area contributed by atoms with E-state index in [2.05, 4.69) is 5.32 Å². The standard InChI is InChI=1S/C21H23NO7S/c1-5-15(23)13-7-9-14(10-8-13)29-11-16(24)22-19-17(20(25)28-6-2)12(3)18(30-19)21(26)27-4/h7-10H,5-6,11H2,1-4H3,(H,22,24). The average molecular weight is 433 g/mol. The van der Waals surface area contributed by atoms with Crippen molar-refractivity contribution in [1.29, 1.82) is 0 Å². The molecule has 0 saturated heterocycles. The van der Waals surface area contributed by atoms with Crippen LogP contribution in [0.4, 0.5) is 5.00 Å². The van der Waals surface area contributed by atoms with E-state index in [1.54, 1.807) is 45.0 Å². The van der Waals surface area contributed by atoms with Crippen LogP contribution in [0.25, 0.3) is 0 Å². The zero-order chi connectivity index (χ0) is 22.3. The van der Waals surface area contributed by atoms with Gasteiger partial charge in [-0.1, -0.05) is 6.92 Å². The number of carbonyl (C=O) groups is 4. The summed E-state index contributed by atoms with van der Waals surface area (Å²) >= 11 is 0.930. The van der Waals surface area contributed by atoms with Crippen LogP contribution in [-0.2, 0) is 14.3 Å². The quantitative estimate of drug-likeness (QED) is 0.475. The van der Waals surface area contributed by atoms with Crippen molar-refractivity contribution in [1.82, 2.24) is 0 Å². The molecule has 0 radical (unpaired) electrons. The lowest BCUT2D eigenvalue weighted by molar-refractivity contribution is -0.118. The van der Waals surface area contributed by atoms with E-state index in [9.17, 15) is 19.2 Å². The molecule has 9 heteroatoms. The summed E-state index contributed by atoms with van der Waals surface area (Å²) < 4.78 is 15.2. The molecule has 0 unspecified atom stereocenters. The number of esters is 2. The summed E-state index contributed by atoms with van der Waals surface area (Å²) in [4.78, 5) is 48.5. The van der Waals surface area contributed by atoms with Gasteiger partial charge in [0.05, 0.1) is 19.3 Å². The van der Waals surface area contributed by atoms with Crippen molar-refractivity contribution >= 4 is 40.0 Å². The number of Topliss-reactive ketones (excluding diaryl/α,β-unsaturated/α-hetero) is 1. The van der Waals surface area contributed by atoms with Gasteiger partial charge < -0.3 is 19.5 Å². The predicted octanol–water partition coefficient (Wildman–Crippen LogP) is 3.63. The van der Waals surface area contributed by atoms with Gasteiger partial charge in [-0.05, 0) is 43.7 Å². The van der Waals surface area contributed by atoms with Crippen LogP contribution < -0.4 is 10.1 Å². The average Bonchev–Trinajstić information content (AvgIpc) is 3.07. The van der Waals surface area contributed by atoms with Crippen LogP contribution in [0.3, 0.4) is 0 Å². The number of methoxy groups -OCH3 is 1. The first-order chi connectivity index (χ1) is 14.3. The molecule has 0 aliphatic carbocycles. The van der Waals surface area contributed by atoms with Crippen molar-refractivity contribution in [2.24, 2.45) is 0 Å². The third-order valence-electron chi connectivity index (χ3n) is 4.12. The molecular weight excluding hydrogens is 410 g/mol. The van der Waals surface area contributed by atoms with Crippen LogP contribution in [0.1, 0.15) is 56.2 Å². The Morgan fingerprint density at radius 2 is 1.70 bits per heavy atom. The van der Waals surface area contributed by atoms with Crippen LogP contribution in [-0.4, -0.2) is 44.0 Å². The molecule has 160 valence electrons. The molecule has 1 N–H and O–H groups in total. The van der Waals surface area contributed by atoms with E-state index >= 15 is 0 Å². The van der Waals surface area contributed by atoms with Gasteiger partial charge in [0.1, 0.15) is 15.6 Å². The Labute approximate surface area is 178 Å². The fraction of sp³-hybridized carbons (Fsp3) is 0.333. The molecular formula is C21H23NO7S. The lowest BCUT2D eigenvalue weighted by atomic mass is 10.1. The van der Waals surface area contributed by atoms with Gasteiger partial charge in [-0.3, -0.25) is 9.59 Å². The highest BCUT2D eigenvalue weighted by Gasteiger charge is 2.27. The van der Waals surface area contributed by atoms with Gasteiger partial charge in [-0.15, -0.1) is 11.3 Å². The first kappa shape index (κ1) is 23.1. The fourth-order valence-electron chi connectivity index (χ4n) is 2.59. The maximum Gasteiger partial charge on any atom is 0.348 e. The molecule has 1 aromatic carbocycles. The van der Waals surface area contributed by atoms with Crippen molar-refractivity contribution in [2.75, 3.05) is 25.6 Å². The molecule has 2 rings (SSSR count). The number of thiophene rings is 1. The van der Waals surface area contributed by atoms with Crippen molar-refractivity contribution < 1.29 is 33.4 Å². The van der Waals surface area contributed by atoms with Crippen LogP contribution in [0, 0.1) is 6.92 Å². The predicted molar refractivity (Wildman–Crippen MR) is 112 cm³/mol. The highest BCUT2D eigenvalue weighted by Crippen LogP contribution is 2.34. The molecule has 1 heterocycles. The first-order valence-electron chi connectivity index (χ1n) is 9.27. The highest BCUT2D eigenvalue weighted by molar-refractivity contribution is 7.18. The fourth-order valence-corrected chi connectivity index (χ4v) is 3.72. The van der Waals surface area contributed by atoms with E-state index in [1.807, 2.05) is 0 Å². The number of hydrogen-bond acceptors (Lipinski definition) is 8. The minimum atomic E-state index is -0.645. The molecule has 0 aliphatic heterocycles.